The molecule has 0 spiro atoms. The quantitative estimate of drug-likeness (QED) is 0.379. The van der Waals surface area contributed by atoms with Gasteiger partial charge in [-0.25, -0.2) is 0 Å². The lowest BCUT2D eigenvalue weighted by molar-refractivity contribution is 0.475. The van der Waals surface area contributed by atoms with Crippen molar-refractivity contribution in [2.75, 3.05) is 0 Å². The summed E-state index contributed by atoms with van der Waals surface area (Å²) >= 11 is 3.78. The summed E-state index contributed by atoms with van der Waals surface area (Å²) < 4.78 is 0. The molecular formula is C26H23NS2. The van der Waals surface area contributed by atoms with Gasteiger partial charge in [0.05, 0.1) is 0 Å². The molecule has 0 aliphatic carbocycles. The zero-order chi connectivity index (χ0) is 19.2. The van der Waals surface area contributed by atoms with Crippen molar-refractivity contribution in [2.24, 2.45) is 0 Å². The van der Waals surface area contributed by atoms with Crippen molar-refractivity contribution >= 4 is 29.1 Å². The summed E-state index contributed by atoms with van der Waals surface area (Å²) in [6, 6.07) is 28.1. The van der Waals surface area contributed by atoms with E-state index < -0.39 is 0 Å². The maximum absolute atomic E-state index is 3.80. The highest BCUT2D eigenvalue weighted by Gasteiger charge is 2.33. The van der Waals surface area contributed by atoms with Crippen molar-refractivity contribution in [3.05, 3.63) is 89.5 Å². The highest BCUT2D eigenvalue weighted by Crippen LogP contribution is 2.50. The molecule has 0 aromatic heterocycles. The lowest BCUT2D eigenvalue weighted by atomic mass is 9.86. The molecule has 29 heavy (non-hydrogen) atoms. The Morgan fingerprint density at radius 2 is 1.45 bits per heavy atom. The van der Waals surface area contributed by atoms with Crippen LogP contribution in [0.1, 0.15) is 36.8 Å². The van der Waals surface area contributed by atoms with E-state index in [1.54, 1.807) is 5.57 Å². The van der Waals surface area contributed by atoms with Gasteiger partial charge in [0.25, 0.3) is 0 Å². The van der Waals surface area contributed by atoms with Gasteiger partial charge >= 0.3 is 0 Å². The summed E-state index contributed by atoms with van der Waals surface area (Å²) in [4.78, 5) is 5.41. The third kappa shape index (κ3) is 3.35. The minimum Gasteiger partial charge on any atom is -0.311 e. The number of hydrogen-bond acceptors (Lipinski definition) is 3. The second-order valence-corrected chi connectivity index (χ2v) is 10.4. The van der Waals surface area contributed by atoms with Crippen molar-refractivity contribution in [2.45, 2.75) is 57.3 Å². The predicted molar refractivity (Wildman–Crippen MR) is 123 cm³/mol. The molecule has 3 aromatic rings. The van der Waals surface area contributed by atoms with Gasteiger partial charge in [-0.1, -0.05) is 71.6 Å². The standard InChI is InChI=1S/C26H23NS2/c1-2-6-20(7-3-1)28-21-12-13-23-25(16-21)29-24-9-5-4-8-22(24)26(23)17-14-18-10-11-19(15-17)27-18/h1-9,12-13,16,18-19,27H,10-11,14-15H2. The normalized spacial score (nSPS) is 22.3. The van der Waals surface area contributed by atoms with Crippen molar-refractivity contribution in [3.8, 4) is 0 Å². The van der Waals surface area contributed by atoms with E-state index in [9.17, 15) is 0 Å². The molecule has 3 heteroatoms. The predicted octanol–water partition coefficient (Wildman–Crippen LogP) is 7.02. The average molecular weight is 414 g/mol. The van der Waals surface area contributed by atoms with E-state index in [2.05, 4.69) is 78.1 Å². The Kier molecular flexibility index (Phi) is 4.56. The zero-order valence-corrected chi connectivity index (χ0v) is 17.9. The molecule has 0 radical (unpaired) electrons. The topological polar surface area (TPSA) is 12.0 Å². The van der Waals surface area contributed by atoms with E-state index in [1.807, 2.05) is 23.5 Å². The number of benzene rings is 3. The molecule has 2 fully saturated rings. The van der Waals surface area contributed by atoms with Gasteiger partial charge in [0, 0.05) is 31.7 Å². The molecule has 2 atom stereocenters. The first-order valence-corrected chi connectivity index (χ1v) is 12.1. The zero-order valence-electron chi connectivity index (χ0n) is 16.2. The van der Waals surface area contributed by atoms with E-state index in [0.717, 1.165) is 0 Å². The molecule has 3 heterocycles. The van der Waals surface area contributed by atoms with Crippen molar-refractivity contribution in [3.63, 3.8) is 0 Å². The molecule has 144 valence electrons. The molecule has 6 rings (SSSR count). The average Bonchev–Trinajstić information content (AvgIpc) is 3.10. The highest BCUT2D eigenvalue weighted by molar-refractivity contribution is 8.00. The van der Waals surface area contributed by atoms with Crippen LogP contribution in [0.3, 0.4) is 0 Å². The Morgan fingerprint density at radius 3 is 2.28 bits per heavy atom. The summed E-state index contributed by atoms with van der Waals surface area (Å²) in [6.07, 6.45) is 5.06. The largest absolute Gasteiger partial charge is 0.311 e. The van der Waals surface area contributed by atoms with Gasteiger partial charge in [-0.05, 0) is 72.7 Å². The van der Waals surface area contributed by atoms with Gasteiger partial charge in [0.15, 0.2) is 0 Å². The molecule has 3 aromatic carbocycles. The maximum atomic E-state index is 3.80. The Labute approximate surface area is 181 Å². The fourth-order valence-corrected chi connectivity index (χ4v) is 7.08. The van der Waals surface area contributed by atoms with Crippen LogP contribution in [0.15, 0.2) is 98.0 Å². The summed E-state index contributed by atoms with van der Waals surface area (Å²) in [5, 5.41) is 3.80. The van der Waals surface area contributed by atoms with Crippen molar-refractivity contribution in [1.82, 2.24) is 5.32 Å². The van der Waals surface area contributed by atoms with Crippen LogP contribution in [0.4, 0.5) is 0 Å². The van der Waals surface area contributed by atoms with Gasteiger partial charge < -0.3 is 5.32 Å². The van der Waals surface area contributed by atoms with Gasteiger partial charge in [-0.15, -0.1) is 0 Å². The van der Waals surface area contributed by atoms with Crippen LogP contribution in [-0.2, 0) is 0 Å². The van der Waals surface area contributed by atoms with Crippen molar-refractivity contribution in [1.29, 1.82) is 0 Å². The molecule has 1 N–H and O–H groups in total. The van der Waals surface area contributed by atoms with Crippen LogP contribution >= 0.6 is 23.5 Å². The number of piperidine rings is 1. The summed E-state index contributed by atoms with van der Waals surface area (Å²) in [6.45, 7) is 0. The van der Waals surface area contributed by atoms with Crippen LogP contribution in [0.5, 0.6) is 0 Å². The van der Waals surface area contributed by atoms with E-state index in [4.69, 9.17) is 0 Å². The van der Waals surface area contributed by atoms with E-state index >= 15 is 0 Å². The fourth-order valence-electron chi connectivity index (χ4n) is 5.00. The third-order valence-electron chi connectivity index (χ3n) is 6.25. The van der Waals surface area contributed by atoms with Gasteiger partial charge in [0.1, 0.15) is 0 Å². The molecule has 2 unspecified atom stereocenters. The van der Waals surface area contributed by atoms with E-state index in [1.165, 1.54) is 62.0 Å². The van der Waals surface area contributed by atoms with E-state index in [-0.39, 0.29) is 0 Å². The molecule has 2 bridgehead atoms. The monoisotopic (exact) mass is 413 g/mol. The van der Waals surface area contributed by atoms with Crippen LogP contribution in [0.25, 0.3) is 5.57 Å². The van der Waals surface area contributed by atoms with Crippen molar-refractivity contribution < 1.29 is 0 Å². The Hall–Kier alpha value is -1.94. The highest BCUT2D eigenvalue weighted by atomic mass is 32.2. The maximum Gasteiger partial charge on any atom is 0.0212 e. The lowest BCUT2D eigenvalue weighted by Crippen LogP contribution is -2.35. The number of rotatable bonds is 2. The molecule has 2 saturated heterocycles. The van der Waals surface area contributed by atoms with Gasteiger partial charge in [-0.3, -0.25) is 0 Å². The first kappa shape index (κ1) is 17.9. The smallest absolute Gasteiger partial charge is 0.0212 e. The first-order chi connectivity index (χ1) is 14.3. The first-order valence-electron chi connectivity index (χ1n) is 10.5. The molecule has 3 aliphatic rings. The Balaban J connectivity index is 1.45. The molecule has 0 saturated carbocycles. The molecule has 1 nitrogen and oxygen atoms in total. The van der Waals surface area contributed by atoms with Crippen LogP contribution in [0, 0.1) is 0 Å². The lowest BCUT2D eigenvalue weighted by Gasteiger charge is -2.30. The molecule has 3 aliphatic heterocycles. The number of fused-ring (bicyclic) bond motifs is 4. The minimum absolute atomic E-state index is 0.675. The summed E-state index contributed by atoms with van der Waals surface area (Å²) in [7, 11) is 0. The van der Waals surface area contributed by atoms with Gasteiger partial charge in [-0.2, -0.15) is 0 Å². The second kappa shape index (κ2) is 7.39. The Bertz CT molecular complexity index is 1090. The second-order valence-electron chi connectivity index (χ2n) is 8.20. The summed E-state index contributed by atoms with van der Waals surface area (Å²) in [5.41, 5.74) is 6.05. The minimum atomic E-state index is 0.675. The Morgan fingerprint density at radius 1 is 0.724 bits per heavy atom. The van der Waals surface area contributed by atoms with Gasteiger partial charge in [0.2, 0.25) is 0 Å². The van der Waals surface area contributed by atoms with E-state index in [0.29, 0.717) is 12.1 Å². The summed E-state index contributed by atoms with van der Waals surface area (Å²) in [5.74, 6) is 0. The van der Waals surface area contributed by atoms with Crippen LogP contribution in [-0.4, -0.2) is 12.1 Å². The van der Waals surface area contributed by atoms with Crippen LogP contribution < -0.4 is 5.32 Å². The SMILES string of the molecule is c1ccc(Sc2ccc3c(c2)Sc2ccccc2C3=C2CC3CCC(C2)N3)cc1. The third-order valence-corrected chi connectivity index (χ3v) is 8.38. The molecular weight excluding hydrogens is 390 g/mol. The number of nitrogens with one attached hydrogen (secondary N) is 1. The molecule has 0 amide bonds. The van der Waals surface area contributed by atoms with Crippen LogP contribution in [0.2, 0.25) is 0 Å². The fraction of sp³-hybridized carbons (Fsp3) is 0.231. The number of hydrogen-bond donors (Lipinski definition) is 1.